The number of benzene rings is 2. The Morgan fingerprint density at radius 3 is 2.37 bits per heavy atom. The number of aromatic carboxylic acids is 1. The number of aryl methyl sites for hydroxylation is 1. The Morgan fingerprint density at radius 2 is 1.74 bits per heavy atom. The largest absolute Gasteiger partial charge is 0.478 e. The summed E-state index contributed by atoms with van der Waals surface area (Å²) in [6.45, 7) is 3.08. The number of hydrogen-bond donors (Lipinski definition) is 2. The monoisotopic (exact) mass is 366 g/mol. The molecule has 0 unspecified atom stereocenters. The van der Waals surface area contributed by atoms with Crippen molar-refractivity contribution in [3.05, 3.63) is 82.7 Å². The number of carboxylic acid groups (broad SMARTS) is 1. The van der Waals surface area contributed by atoms with E-state index in [1.807, 2.05) is 30.5 Å². The van der Waals surface area contributed by atoms with E-state index in [1.165, 1.54) is 12.1 Å². The highest BCUT2D eigenvalue weighted by Gasteiger charge is 2.18. The zero-order chi connectivity index (χ0) is 19.6. The fraction of sp³-hybridized carbons (Fsp3) is 0.143. The number of carboxylic acids is 1. The number of amides is 1. The lowest BCUT2D eigenvalue weighted by molar-refractivity contribution is 0.0696. The Kier molecular flexibility index (Phi) is 5.07. The number of nitrogens with one attached hydrogen (secondary N) is 1. The number of halogens is 1. The van der Waals surface area contributed by atoms with Crippen LogP contribution in [0.25, 0.3) is 5.69 Å². The molecule has 0 spiro atoms. The van der Waals surface area contributed by atoms with Crippen LogP contribution in [0.15, 0.2) is 54.6 Å². The number of carbonyl (C=O) groups excluding carboxylic acids is 1. The van der Waals surface area contributed by atoms with Crippen molar-refractivity contribution >= 4 is 17.6 Å². The maximum Gasteiger partial charge on any atom is 0.335 e. The Hall–Kier alpha value is -3.41. The molecule has 0 bridgehead atoms. The molecule has 1 heterocycles. The lowest BCUT2D eigenvalue weighted by Crippen LogP contribution is -2.13. The Bertz CT molecular complexity index is 1010. The summed E-state index contributed by atoms with van der Waals surface area (Å²) in [5, 5.41) is 11.7. The van der Waals surface area contributed by atoms with E-state index >= 15 is 0 Å². The van der Waals surface area contributed by atoms with Gasteiger partial charge in [0, 0.05) is 22.6 Å². The van der Waals surface area contributed by atoms with Gasteiger partial charge in [0.15, 0.2) is 0 Å². The summed E-state index contributed by atoms with van der Waals surface area (Å²) in [5.41, 5.74) is 3.90. The van der Waals surface area contributed by atoms with Crippen LogP contribution in [0.5, 0.6) is 0 Å². The third kappa shape index (κ3) is 3.60. The van der Waals surface area contributed by atoms with Crippen LogP contribution in [-0.2, 0) is 6.67 Å². The van der Waals surface area contributed by atoms with Crippen LogP contribution in [0.2, 0.25) is 0 Å². The lowest BCUT2D eigenvalue weighted by atomic mass is 10.1. The van der Waals surface area contributed by atoms with Gasteiger partial charge < -0.3 is 15.0 Å². The molecule has 2 N–H and O–H groups in total. The highest BCUT2D eigenvalue weighted by molar-refractivity contribution is 6.05. The highest BCUT2D eigenvalue weighted by Crippen LogP contribution is 2.25. The standard InChI is InChI=1S/C21H19FN2O3/c1-13-11-18(14(2)24(13)19-6-4-3-5-16(19)12-22)20(25)23-17-9-7-15(8-10-17)21(26)27/h3-11H,12H2,1-2H3,(H,23,25)(H,26,27). The van der Waals surface area contributed by atoms with E-state index in [9.17, 15) is 14.0 Å². The van der Waals surface area contributed by atoms with Crippen molar-refractivity contribution < 1.29 is 19.1 Å². The fourth-order valence-electron chi connectivity index (χ4n) is 3.10. The number of anilines is 1. The number of rotatable bonds is 5. The molecule has 0 saturated heterocycles. The van der Waals surface area contributed by atoms with Gasteiger partial charge in [-0.15, -0.1) is 0 Å². The van der Waals surface area contributed by atoms with E-state index in [4.69, 9.17) is 5.11 Å². The van der Waals surface area contributed by atoms with Crippen molar-refractivity contribution in [2.24, 2.45) is 0 Å². The number of carbonyl (C=O) groups is 2. The summed E-state index contributed by atoms with van der Waals surface area (Å²) in [6, 6.07) is 14.8. The Morgan fingerprint density at radius 1 is 1.07 bits per heavy atom. The molecule has 0 fully saturated rings. The predicted octanol–water partition coefficient (Wildman–Crippen LogP) is 4.51. The van der Waals surface area contributed by atoms with Gasteiger partial charge in [-0.2, -0.15) is 0 Å². The molecule has 0 radical (unpaired) electrons. The molecule has 2 aromatic carbocycles. The molecule has 0 atom stereocenters. The minimum Gasteiger partial charge on any atom is -0.478 e. The molecule has 0 aliphatic rings. The second kappa shape index (κ2) is 7.45. The van der Waals surface area contributed by atoms with Crippen molar-refractivity contribution in [3.8, 4) is 5.69 Å². The van der Waals surface area contributed by atoms with Gasteiger partial charge in [-0.3, -0.25) is 4.79 Å². The first-order valence-corrected chi connectivity index (χ1v) is 8.40. The van der Waals surface area contributed by atoms with E-state index in [-0.39, 0.29) is 11.5 Å². The first-order valence-electron chi connectivity index (χ1n) is 8.40. The van der Waals surface area contributed by atoms with E-state index in [2.05, 4.69) is 5.32 Å². The van der Waals surface area contributed by atoms with Gasteiger partial charge in [0.25, 0.3) is 5.91 Å². The summed E-state index contributed by atoms with van der Waals surface area (Å²) in [5.74, 6) is -1.34. The van der Waals surface area contributed by atoms with Crippen LogP contribution >= 0.6 is 0 Å². The summed E-state index contributed by atoms with van der Waals surface area (Å²) < 4.78 is 15.2. The van der Waals surface area contributed by atoms with Crippen LogP contribution in [0.1, 0.15) is 37.7 Å². The third-order valence-electron chi connectivity index (χ3n) is 4.44. The molecule has 0 aliphatic carbocycles. The van der Waals surface area contributed by atoms with Crippen LogP contribution in [0.3, 0.4) is 0 Å². The lowest BCUT2D eigenvalue weighted by Gasteiger charge is -2.13. The van der Waals surface area contributed by atoms with E-state index in [0.29, 0.717) is 28.2 Å². The van der Waals surface area contributed by atoms with Gasteiger partial charge in [0.1, 0.15) is 6.67 Å². The van der Waals surface area contributed by atoms with Gasteiger partial charge in [0.05, 0.1) is 16.8 Å². The van der Waals surface area contributed by atoms with Crippen molar-refractivity contribution in [1.29, 1.82) is 0 Å². The minimum atomic E-state index is -1.03. The van der Waals surface area contributed by atoms with Crippen LogP contribution in [0.4, 0.5) is 10.1 Å². The quantitative estimate of drug-likeness (QED) is 0.698. The van der Waals surface area contributed by atoms with Crippen LogP contribution in [-0.4, -0.2) is 21.6 Å². The minimum absolute atomic E-state index is 0.147. The molecule has 1 aromatic heterocycles. The highest BCUT2D eigenvalue weighted by atomic mass is 19.1. The SMILES string of the molecule is Cc1cc(C(=O)Nc2ccc(C(=O)O)cc2)c(C)n1-c1ccccc1CF. The molecule has 0 saturated carbocycles. The summed E-state index contributed by atoms with van der Waals surface area (Å²) in [6.07, 6.45) is 0. The van der Waals surface area contributed by atoms with Gasteiger partial charge in [0.2, 0.25) is 0 Å². The van der Waals surface area contributed by atoms with Gasteiger partial charge in [-0.25, -0.2) is 9.18 Å². The Balaban J connectivity index is 1.91. The second-order valence-corrected chi connectivity index (χ2v) is 6.22. The summed E-state index contributed by atoms with van der Waals surface area (Å²) in [7, 11) is 0. The van der Waals surface area contributed by atoms with Crippen molar-refractivity contribution in [3.63, 3.8) is 0 Å². The maximum absolute atomic E-state index is 13.3. The molecule has 5 nitrogen and oxygen atoms in total. The van der Waals surface area contributed by atoms with Crippen LogP contribution < -0.4 is 5.32 Å². The molecular weight excluding hydrogens is 347 g/mol. The van der Waals surface area contributed by atoms with E-state index < -0.39 is 12.6 Å². The zero-order valence-electron chi connectivity index (χ0n) is 15.0. The van der Waals surface area contributed by atoms with Crippen molar-refractivity contribution in [1.82, 2.24) is 4.57 Å². The molecule has 3 rings (SSSR count). The van der Waals surface area contributed by atoms with Crippen molar-refractivity contribution in [2.45, 2.75) is 20.5 Å². The van der Waals surface area contributed by atoms with Gasteiger partial charge in [-0.1, -0.05) is 18.2 Å². The number of alkyl halides is 1. The van der Waals surface area contributed by atoms with E-state index in [0.717, 1.165) is 5.69 Å². The first-order chi connectivity index (χ1) is 12.9. The second-order valence-electron chi connectivity index (χ2n) is 6.22. The number of para-hydroxylation sites is 1. The molecule has 3 aromatic rings. The Labute approximate surface area is 156 Å². The van der Waals surface area contributed by atoms with Gasteiger partial charge >= 0.3 is 5.97 Å². The third-order valence-corrected chi connectivity index (χ3v) is 4.44. The molecule has 6 heteroatoms. The molecule has 138 valence electrons. The average molecular weight is 366 g/mol. The van der Waals surface area contributed by atoms with Crippen molar-refractivity contribution in [2.75, 3.05) is 5.32 Å². The number of hydrogen-bond acceptors (Lipinski definition) is 2. The molecule has 0 aliphatic heterocycles. The molecular formula is C21H19FN2O3. The van der Waals surface area contributed by atoms with Gasteiger partial charge in [-0.05, 0) is 50.2 Å². The smallest absolute Gasteiger partial charge is 0.335 e. The maximum atomic E-state index is 13.3. The topological polar surface area (TPSA) is 71.3 Å². The summed E-state index contributed by atoms with van der Waals surface area (Å²) >= 11 is 0. The average Bonchev–Trinajstić information content (AvgIpc) is 2.96. The summed E-state index contributed by atoms with van der Waals surface area (Å²) in [4.78, 5) is 23.6. The van der Waals surface area contributed by atoms with E-state index in [1.54, 1.807) is 30.3 Å². The number of nitrogens with zero attached hydrogens (tertiary/aromatic N) is 1. The molecule has 1 amide bonds. The predicted molar refractivity (Wildman–Crippen MR) is 101 cm³/mol. The van der Waals surface area contributed by atoms with Crippen LogP contribution in [0, 0.1) is 13.8 Å². The number of aromatic nitrogens is 1. The first kappa shape index (κ1) is 18.4. The molecule has 27 heavy (non-hydrogen) atoms. The fourth-order valence-corrected chi connectivity index (χ4v) is 3.10. The zero-order valence-corrected chi connectivity index (χ0v) is 15.0. The normalized spacial score (nSPS) is 10.6.